The first-order valence-corrected chi connectivity index (χ1v) is 11.4. The number of methoxy groups -OCH3 is 1. The van der Waals surface area contributed by atoms with Crippen LogP contribution in [0.1, 0.15) is 76.5 Å². The third-order valence-corrected chi connectivity index (χ3v) is 5.75. The van der Waals surface area contributed by atoms with Crippen LogP contribution >= 0.6 is 0 Å². The molecular formula is C24H36N6O. The Morgan fingerprint density at radius 2 is 1.81 bits per heavy atom. The average Bonchev–Trinajstić information content (AvgIpc) is 3.09. The molecule has 0 aromatic carbocycles. The van der Waals surface area contributed by atoms with Crippen LogP contribution in [0.3, 0.4) is 0 Å². The highest BCUT2D eigenvalue weighted by Gasteiger charge is 2.21. The number of rotatable bonds is 10. The Kier molecular flexibility index (Phi) is 7.59. The van der Waals surface area contributed by atoms with Crippen molar-refractivity contribution in [2.75, 3.05) is 25.6 Å². The molecule has 0 bridgehead atoms. The highest BCUT2D eigenvalue weighted by Crippen LogP contribution is 2.32. The number of ether oxygens (including phenoxy) is 1. The lowest BCUT2D eigenvalue weighted by atomic mass is 10.0. The van der Waals surface area contributed by atoms with Gasteiger partial charge in [0.2, 0.25) is 0 Å². The first-order valence-electron chi connectivity index (χ1n) is 11.4. The van der Waals surface area contributed by atoms with Gasteiger partial charge in [0.15, 0.2) is 5.65 Å². The lowest BCUT2D eigenvalue weighted by Crippen LogP contribution is -2.12. The van der Waals surface area contributed by atoms with Gasteiger partial charge in [0.05, 0.1) is 29.7 Å². The number of nitrogens with zero attached hydrogens (tertiary/aromatic N) is 5. The van der Waals surface area contributed by atoms with Gasteiger partial charge >= 0.3 is 0 Å². The summed E-state index contributed by atoms with van der Waals surface area (Å²) in [6.07, 6.45) is 2.83. The largest absolute Gasteiger partial charge is 0.383 e. The molecule has 7 heteroatoms. The van der Waals surface area contributed by atoms with Crippen LogP contribution in [0.5, 0.6) is 0 Å². The minimum absolute atomic E-state index is 0.333. The van der Waals surface area contributed by atoms with E-state index in [1.54, 1.807) is 7.11 Å². The van der Waals surface area contributed by atoms with Gasteiger partial charge < -0.3 is 10.1 Å². The first kappa shape index (κ1) is 23.1. The second-order valence-electron chi connectivity index (χ2n) is 8.25. The molecule has 168 valence electrons. The molecule has 31 heavy (non-hydrogen) atoms. The van der Waals surface area contributed by atoms with Crippen molar-refractivity contribution in [1.29, 1.82) is 0 Å². The summed E-state index contributed by atoms with van der Waals surface area (Å²) in [6, 6.07) is 4.54. The summed E-state index contributed by atoms with van der Waals surface area (Å²) in [6.45, 7) is 14.1. The van der Waals surface area contributed by atoms with Crippen molar-refractivity contribution in [1.82, 2.24) is 24.7 Å². The molecule has 0 aliphatic carbocycles. The molecular weight excluding hydrogens is 388 g/mol. The standard InChI is InChI=1S/C24H36N6O/c1-8-17(9-2)30-24-21(16(6)29-30)28-22(19(10-3)27-24)18-11-12-20(15(4)5)26-23(18)25-13-14-31-7/h11-12,15,17H,8-10,13-14H2,1-7H3,(H,25,26). The third kappa shape index (κ3) is 4.71. The predicted molar refractivity (Wildman–Crippen MR) is 127 cm³/mol. The van der Waals surface area contributed by atoms with Crippen LogP contribution in [0.25, 0.3) is 22.4 Å². The highest BCUT2D eigenvalue weighted by molar-refractivity contribution is 5.81. The lowest BCUT2D eigenvalue weighted by molar-refractivity contribution is 0.210. The Balaban J connectivity index is 2.18. The van der Waals surface area contributed by atoms with Crippen molar-refractivity contribution in [2.24, 2.45) is 0 Å². The number of nitrogens with one attached hydrogen (secondary N) is 1. The maximum absolute atomic E-state index is 5.22. The van der Waals surface area contributed by atoms with Gasteiger partial charge in [-0.1, -0.05) is 34.6 Å². The third-order valence-electron chi connectivity index (χ3n) is 5.75. The predicted octanol–water partition coefficient (Wildman–Crippen LogP) is 5.30. The smallest absolute Gasteiger partial charge is 0.177 e. The Bertz CT molecular complexity index is 1020. The molecule has 0 fully saturated rings. The van der Waals surface area contributed by atoms with E-state index in [0.29, 0.717) is 25.1 Å². The Morgan fingerprint density at radius 1 is 1.06 bits per heavy atom. The van der Waals surface area contributed by atoms with Gasteiger partial charge in [0.25, 0.3) is 0 Å². The molecule has 3 aromatic rings. The van der Waals surface area contributed by atoms with Crippen molar-refractivity contribution in [3.8, 4) is 11.3 Å². The SMILES string of the molecule is CCc1nc2c(nc1-c1ccc(C(C)C)nc1NCCOC)c(C)nn2C(CC)CC. The molecule has 0 aliphatic heterocycles. The summed E-state index contributed by atoms with van der Waals surface area (Å²) in [7, 11) is 1.70. The van der Waals surface area contributed by atoms with Crippen molar-refractivity contribution in [3.05, 3.63) is 29.2 Å². The number of fused-ring (bicyclic) bond motifs is 1. The van der Waals surface area contributed by atoms with Crippen LogP contribution in [-0.2, 0) is 11.2 Å². The van der Waals surface area contributed by atoms with Crippen molar-refractivity contribution >= 4 is 17.0 Å². The fraction of sp³-hybridized carbons (Fsp3) is 0.583. The fourth-order valence-electron chi connectivity index (χ4n) is 3.86. The molecule has 3 aromatic heterocycles. The van der Waals surface area contributed by atoms with E-state index >= 15 is 0 Å². The lowest BCUT2D eigenvalue weighted by Gasteiger charge is -2.17. The van der Waals surface area contributed by atoms with E-state index in [1.807, 2.05) is 6.92 Å². The second-order valence-corrected chi connectivity index (χ2v) is 8.25. The molecule has 1 N–H and O–H groups in total. The van der Waals surface area contributed by atoms with E-state index < -0.39 is 0 Å². The van der Waals surface area contributed by atoms with E-state index in [-0.39, 0.29) is 0 Å². The van der Waals surface area contributed by atoms with E-state index in [0.717, 1.165) is 64.6 Å². The molecule has 0 unspecified atom stereocenters. The molecule has 0 atom stereocenters. The van der Waals surface area contributed by atoms with Gasteiger partial charge in [-0.15, -0.1) is 0 Å². The zero-order valence-electron chi connectivity index (χ0n) is 20.0. The number of aromatic nitrogens is 5. The minimum atomic E-state index is 0.333. The van der Waals surface area contributed by atoms with Gasteiger partial charge in [0.1, 0.15) is 11.3 Å². The molecule has 7 nitrogen and oxygen atoms in total. The average molecular weight is 425 g/mol. The van der Waals surface area contributed by atoms with Crippen LogP contribution < -0.4 is 5.32 Å². The van der Waals surface area contributed by atoms with Gasteiger partial charge in [-0.25, -0.2) is 19.6 Å². The number of hydrogen-bond donors (Lipinski definition) is 1. The summed E-state index contributed by atoms with van der Waals surface area (Å²) >= 11 is 0. The number of aryl methyl sites for hydroxylation is 2. The van der Waals surface area contributed by atoms with Crippen molar-refractivity contribution < 1.29 is 4.74 Å². The zero-order chi connectivity index (χ0) is 22.5. The normalized spacial score (nSPS) is 11.8. The van der Waals surface area contributed by atoms with Crippen LogP contribution in [-0.4, -0.2) is 45.0 Å². The van der Waals surface area contributed by atoms with Crippen LogP contribution in [0.2, 0.25) is 0 Å². The van der Waals surface area contributed by atoms with Crippen LogP contribution in [0.15, 0.2) is 12.1 Å². The van der Waals surface area contributed by atoms with E-state index in [1.165, 1.54) is 0 Å². The Morgan fingerprint density at radius 3 is 2.42 bits per heavy atom. The molecule has 0 spiro atoms. The van der Waals surface area contributed by atoms with Crippen LogP contribution in [0.4, 0.5) is 5.82 Å². The quantitative estimate of drug-likeness (QED) is 0.445. The summed E-state index contributed by atoms with van der Waals surface area (Å²) < 4.78 is 7.29. The monoisotopic (exact) mass is 424 g/mol. The molecule has 0 saturated heterocycles. The maximum atomic E-state index is 5.22. The first-order chi connectivity index (χ1) is 14.9. The highest BCUT2D eigenvalue weighted by atomic mass is 16.5. The Labute approximate surface area is 185 Å². The summed E-state index contributed by atoms with van der Waals surface area (Å²) in [4.78, 5) is 15.1. The number of hydrogen-bond acceptors (Lipinski definition) is 6. The van der Waals surface area contributed by atoms with Gasteiger partial charge in [-0.05, 0) is 44.2 Å². The second kappa shape index (κ2) is 10.2. The molecule has 3 heterocycles. The molecule has 0 aliphatic rings. The molecule has 0 amide bonds. The fourth-order valence-corrected chi connectivity index (χ4v) is 3.86. The van der Waals surface area contributed by atoms with Crippen molar-refractivity contribution in [3.63, 3.8) is 0 Å². The zero-order valence-corrected chi connectivity index (χ0v) is 20.0. The van der Waals surface area contributed by atoms with E-state index in [2.05, 4.69) is 56.8 Å². The molecule has 0 saturated carbocycles. The molecule has 3 rings (SSSR count). The Hall–Kier alpha value is -2.54. The summed E-state index contributed by atoms with van der Waals surface area (Å²) in [5, 5.41) is 8.25. The van der Waals surface area contributed by atoms with Gasteiger partial charge in [0, 0.05) is 24.9 Å². The van der Waals surface area contributed by atoms with Gasteiger partial charge in [-0.2, -0.15) is 5.10 Å². The minimum Gasteiger partial charge on any atom is -0.383 e. The summed E-state index contributed by atoms with van der Waals surface area (Å²) in [5.41, 5.74) is 6.54. The number of pyridine rings is 1. The maximum Gasteiger partial charge on any atom is 0.177 e. The van der Waals surface area contributed by atoms with Gasteiger partial charge in [-0.3, -0.25) is 0 Å². The van der Waals surface area contributed by atoms with Crippen LogP contribution in [0, 0.1) is 6.92 Å². The summed E-state index contributed by atoms with van der Waals surface area (Å²) in [5.74, 6) is 1.17. The topological polar surface area (TPSA) is 77.8 Å². The number of anilines is 1. The van der Waals surface area contributed by atoms with E-state index in [9.17, 15) is 0 Å². The van der Waals surface area contributed by atoms with Crippen molar-refractivity contribution in [2.45, 2.75) is 72.8 Å². The molecule has 0 radical (unpaired) electrons. The van der Waals surface area contributed by atoms with E-state index in [4.69, 9.17) is 24.8 Å².